The first-order valence-corrected chi connectivity index (χ1v) is 3.37. The second-order valence-corrected chi connectivity index (χ2v) is 1.99. The number of carboxylic acid groups (broad SMARTS) is 2. The molecule has 0 unspecified atom stereocenters. The predicted octanol–water partition coefficient (Wildman–Crippen LogP) is -2.16. The molecule has 1 atom stereocenters. The Balaban J connectivity index is 0. The minimum Gasteiger partial charge on any atom is -0.481 e. The van der Waals surface area contributed by atoms with Crippen LogP contribution in [-0.2, 0) is 9.59 Å². The summed E-state index contributed by atoms with van der Waals surface area (Å²) < 4.78 is 0. The molecule has 0 bridgehead atoms. The van der Waals surface area contributed by atoms with E-state index >= 15 is 0 Å². The lowest BCUT2D eigenvalue weighted by Gasteiger charge is -1.99. The van der Waals surface area contributed by atoms with Gasteiger partial charge in [-0.25, -0.2) is 0 Å². The van der Waals surface area contributed by atoms with E-state index in [2.05, 4.69) is 0 Å². The largest absolute Gasteiger partial charge is 0.481 e. The predicted molar refractivity (Wildman–Crippen MR) is 42.0 cm³/mol. The van der Waals surface area contributed by atoms with E-state index in [4.69, 9.17) is 26.2 Å². The van der Waals surface area contributed by atoms with Crippen molar-refractivity contribution in [3.8, 4) is 0 Å². The fourth-order valence-electron chi connectivity index (χ4n) is 0.275. The van der Waals surface area contributed by atoms with Gasteiger partial charge in [-0.05, 0) is 0 Å². The molecular weight excluding hydrogens is 182 g/mol. The standard InChI is InChI=1S/C4H7NO4.C2H6O2/c5-2(4(8)9)1-3(6)7;3-1-2-4/h2H,1,5H2,(H,6,7)(H,8,9);3-4H,1-2H2/t2-;/m0./s1. The Bertz CT molecular complexity index is 157. The number of aliphatic hydroxyl groups is 2. The maximum Gasteiger partial charge on any atom is 0.321 e. The summed E-state index contributed by atoms with van der Waals surface area (Å²) in [6.45, 7) is -0.250. The van der Waals surface area contributed by atoms with Crippen LogP contribution in [0.15, 0.2) is 0 Å². The number of aliphatic hydroxyl groups excluding tert-OH is 2. The topological polar surface area (TPSA) is 141 Å². The highest BCUT2D eigenvalue weighted by Gasteiger charge is 2.14. The van der Waals surface area contributed by atoms with Crippen molar-refractivity contribution < 1.29 is 30.0 Å². The average molecular weight is 195 g/mol. The van der Waals surface area contributed by atoms with Gasteiger partial charge >= 0.3 is 11.9 Å². The van der Waals surface area contributed by atoms with Crippen molar-refractivity contribution in [1.82, 2.24) is 0 Å². The monoisotopic (exact) mass is 195 g/mol. The number of rotatable bonds is 4. The number of hydrogen-bond donors (Lipinski definition) is 5. The third-order valence-corrected chi connectivity index (χ3v) is 0.812. The van der Waals surface area contributed by atoms with Gasteiger partial charge in [-0.2, -0.15) is 0 Å². The molecule has 0 aliphatic heterocycles. The van der Waals surface area contributed by atoms with E-state index < -0.39 is 24.4 Å². The molecule has 0 aromatic rings. The summed E-state index contributed by atoms with van der Waals surface area (Å²) in [5.41, 5.74) is 4.84. The first-order chi connectivity index (χ1) is 5.95. The fraction of sp³-hybridized carbons (Fsp3) is 0.667. The molecule has 0 aromatic carbocycles. The zero-order valence-corrected chi connectivity index (χ0v) is 6.88. The lowest BCUT2D eigenvalue weighted by Crippen LogP contribution is -2.32. The highest BCUT2D eigenvalue weighted by atomic mass is 16.4. The van der Waals surface area contributed by atoms with Crippen LogP contribution in [-0.4, -0.2) is 51.6 Å². The molecule has 0 spiro atoms. The van der Waals surface area contributed by atoms with E-state index in [0.29, 0.717) is 0 Å². The Morgan fingerprint density at radius 2 is 1.54 bits per heavy atom. The smallest absolute Gasteiger partial charge is 0.321 e. The Labute approximate surface area is 74.4 Å². The SMILES string of the molecule is N[C@@H](CC(=O)O)C(=O)O.OCCO. The second kappa shape index (κ2) is 8.91. The molecule has 6 N–H and O–H groups in total. The van der Waals surface area contributed by atoms with Gasteiger partial charge in [-0.3, -0.25) is 9.59 Å². The van der Waals surface area contributed by atoms with Gasteiger partial charge in [-0.15, -0.1) is 0 Å². The number of nitrogens with two attached hydrogens (primary N) is 1. The fourth-order valence-corrected chi connectivity index (χ4v) is 0.275. The second-order valence-electron chi connectivity index (χ2n) is 1.99. The third kappa shape index (κ3) is 13.8. The average Bonchev–Trinajstić information content (AvgIpc) is 2.03. The van der Waals surface area contributed by atoms with Crippen molar-refractivity contribution in [2.24, 2.45) is 5.73 Å². The van der Waals surface area contributed by atoms with Crippen LogP contribution in [0.4, 0.5) is 0 Å². The third-order valence-electron chi connectivity index (χ3n) is 0.812. The summed E-state index contributed by atoms with van der Waals surface area (Å²) in [4.78, 5) is 19.6. The molecule has 0 radical (unpaired) electrons. The van der Waals surface area contributed by atoms with Gasteiger partial charge in [0, 0.05) is 0 Å². The molecule has 78 valence electrons. The lowest BCUT2D eigenvalue weighted by molar-refractivity contribution is -0.144. The molecule has 0 heterocycles. The molecule has 0 saturated carbocycles. The van der Waals surface area contributed by atoms with Gasteiger partial charge in [0.15, 0.2) is 0 Å². The highest BCUT2D eigenvalue weighted by Crippen LogP contribution is 1.86. The van der Waals surface area contributed by atoms with Gasteiger partial charge in [0.2, 0.25) is 0 Å². The summed E-state index contributed by atoms with van der Waals surface area (Å²) in [5.74, 6) is -2.50. The van der Waals surface area contributed by atoms with Crippen molar-refractivity contribution in [1.29, 1.82) is 0 Å². The molecule has 0 saturated heterocycles. The van der Waals surface area contributed by atoms with Crippen molar-refractivity contribution in [2.45, 2.75) is 12.5 Å². The molecule has 0 aliphatic rings. The normalized spacial score (nSPS) is 11.0. The van der Waals surface area contributed by atoms with Crippen molar-refractivity contribution in [3.63, 3.8) is 0 Å². The van der Waals surface area contributed by atoms with E-state index in [1.54, 1.807) is 0 Å². The zero-order valence-electron chi connectivity index (χ0n) is 6.88. The molecule has 7 nitrogen and oxygen atoms in total. The number of carbonyl (C=O) groups is 2. The Kier molecular flexibility index (Phi) is 9.84. The molecule has 0 aromatic heterocycles. The van der Waals surface area contributed by atoms with Crippen LogP contribution >= 0.6 is 0 Å². The quantitative estimate of drug-likeness (QED) is 0.344. The van der Waals surface area contributed by atoms with Gasteiger partial charge in [-0.1, -0.05) is 0 Å². The molecule has 0 rings (SSSR count). The van der Waals surface area contributed by atoms with Crippen molar-refractivity contribution in [2.75, 3.05) is 13.2 Å². The summed E-state index contributed by atoms with van der Waals surface area (Å²) in [7, 11) is 0. The van der Waals surface area contributed by atoms with Crippen LogP contribution in [0.5, 0.6) is 0 Å². The number of carboxylic acids is 2. The molecule has 0 aliphatic carbocycles. The lowest BCUT2D eigenvalue weighted by atomic mass is 10.2. The van der Waals surface area contributed by atoms with Crippen LogP contribution in [0, 0.1) is 0 Å². The van der Waals surface area contributed by atoms with E-state index in [1.165, 1.54) is 0 Å². The minimum absolute atomic E-state index is 0.125. The molecule has 13 heavy (non-hydrogen) atoms. The first-order valence-electron chi connectivity index (χ1n) is 3.37. The summed E-state index contributed by atoms with van der Waals surface area (Å²) in [6, 6.07) is -1.29. The van der Waals surface area contributed by atoms with Gasteiger partial charge in [0.05, 0.1) is 19.6 Å². The molecular formula is C6H13NO6. The molecule has 0 fully saturated rings. The number of aliphatic carboxylic acids is 2. The van der Waals surface area contributed by atoms with Crippen LogP contribution in [0.1, 0.15) is 6.42 Å². The van der Waals surface area contributed by atoms with E-state index in [9.17, 15) is 9.59 Å². The minimum atomic E-state index is -1.29. The van der Waals surface area contributed by atoms with Crippen LogP contribution in [0.25, 0.3) is 0 Å². The summed E-state index contributed by atoms with van der Waals surface area (Å²) in [5, 5.41) is 31.3. The maximum atomic E-state index is 9.85. The van der Waals surface area contributed by atoms with Crippen LogP contribution in [0.3, 0.4) is 0 Å². The van der Waals surface area contributed by atoms with Crippen LogP contribution in [0.2, 0.25) is 0 Å². The van der Waals surface area contributed by atoms with E-state index in [0.717, 1.165) is 0 Å². The Morgan fingerprint density at radius 3 is 1.62 bits per heavy atom. The van der Waals surface area contributed by atoms with E-state index in [-0.39, 0.29) is 13.2 Å². The van der Waals surface area contributed by atoms with Crippen molar-refractivity contribution >= 4 is 11.9 Å². The summed E-state index contributed by atoms with van der Waals surface area (Å²) in [6.07, 6.45) is -0.532. The Hall–Kier alpha value is -1.18. The summed E-state index contributed by atoms with van der Waals surface area (Å²) >= 11 is 0. The highest BCUT2D eigenvalue weighted by molar-refractivity contribution is 5.80. The zero-order chi connectivity index (χ0) is 10.9. The number of hydrogen-bond acceptors (Lipinski definition) is 5. The first kappa shape index (κ1) is 14.3. The van der Waals surface area contributed by atoms with Crippen LogP contribution < -0.4 is 5.73 Å². The molecule has 0 amide bonds. The van der Waals surface area contributed by atoms with Gasteiger partial charge < -0.3 is 26.2 Å². The van der Waals surface area contributed by atoms with Crippen molar-refractivity contribution in [3.05, 3.63) is 0 Å². The Morgan fingerprint density at radius 1 is 1.15 bits per heavy atom. The van der Waals surface area contributed by atoms with Gasteiger partial charge in [0.25, 0.3) is 0 Å². The van der Waals surface area contributed by atoms with Gasteiger partial charge in [0.1, 0.15) is 6.04 Å². The molecule has 7 heteroatoms. The maximum absolute atomic E-state index is 9.85. The van der Waals surface area contributed by atoms with E-state index in [1.807, 2.05) is 0 Å².